The van der Waals surface area contributed by atoms with Crippen LogP contribution in [0, 0.1) is 20.8 Å². The highest BCUT2D eigenvalue weighted by Crippen LogP contribution is 2.38. The summed E-state index contributed by atoms with van der Waals surface area (Å²) in [6, 6.07) is 18.1. The molecule has 0 unspecified atom stereocenters. The third-order valence-electron chi connectivity index (χ3n) is 6.31. The first kappa shape index (κ1) is 20.9. The van der Waals surface area contributed by atoms with Crippen LogP contribution < -0.4 is 0 Å². The lowest BCUT2D eigenvalue weighted by Gasteiger charge is -2.33. The van der Waals surface area contributed by atoms with E-state index in [1.54, 1.807) is 0 Å². The van der Waals surface area contributed by atoms with Crippen LogP contribution in [0.5, 0.6) is 0 Å². The van der Waals surface area contributed by atoms with Gasteiger partial charge in [-0.15, -0.1) is 0 Å². The lowest BCUT2D eigenvalue weighted by atomic mass is 9.80. The van der Waals surface area contributed by atoms with Gasteiger partial charge in [0.1, 0.15) is 0 Å². The molecule has 0 spiro atoms. The van der Waals surface area contributed by atoms with E-state index in [2.05, 4.69) is 0 Å². The Kier molecular flexibility index (Phi) is 5.64. The minimum absolute atomic E-state index is 0.0319. The van der Waals surface area contributed by atoms with Crippen molar-refractivity contribution in [2.75, 3.05) is 0 Å². The minimum Gasteiger partial charge on any atom is -0.481 e. The van der Waals surface area contributed by atoms with Crippen molar-refractivity contribution in [1.82, 2.24) is 4.90 Å². The van der Waals surface area contributed by atoms with Gasteiger partial charge in [-0.3, -0.25) is 9.59 Å². The van der Waals surface area contributed by atoms with Gasteiger partial charge < -0.3 is 10.0 Å². The third kappa shape index (κ3) is 4.11. The average Bonchev–Trinajstić information content (AvgIpc) is 2.74. The fourth-order valence-corrected chi connectivity index (χ4v) is 4.63. The van der Waals surface area contributed by atoms with Crippen LogP contribution in [-0.2, 0) is 35.5 Å². The van der Waals surface area contributed by atoms with E-state index in [1.807, 2.05) is 80.3 Å². The Balaban J connectivity index is 1.82. The van der Waals surface area contributed by atoms with Crippen molar-refractivity contribution in [2.24, 2.45) is 0 Å². The van der Waals surface area contributed by atoms with Gasteiger partial charge in [-0.05, 0) is 65.3 Å². The fraction of sp³-hybridized carbons (Fsp3) is 0.259. The molecule has 0 radical (unpaired) electrons. The first-order valence-corrected chi connectivity index (χ1v) is 10.6. The second-order valence-corrected chi connectivity index (χ2v) is 8.41. The summed E-state index contributed by atoms with van der Waals surface area (Å²) >= 11 is 0. The maximum absolute atomic E-state index is 13.0. The van der Waals surface area contributed by atoms with E-state index in [4.69, 9.17) is 0 Å². The summed E-state index contributed by atoms with van der Waals surface area (Å²) in [5.74, 6) is -0.733. The monoisotopic (exact) mass is 413 g/mol. The van der Waals surface area contributed by atoms with Gasteiger partial charge in [0, 0.05) is 13.1 Å². The zero-order valence-electron chi connectivity index (χ0n) is 18.2. The molecule has 0 aromatic heterocycles. The predicted octanol–water partition coefficient (Wildman–Crippen LogP) is 4.99. The topological polar surface area (TPSA) is 57.6 Å². The smallest absolute Gasteiger partial charge is 0.307 e. The highest BCUT2D eigenvalue weighted by molar-refractivity contribution is 5.86. The number of fused-ring (bicyclic) bond motifs is 1. The lowest BCUT2D eigenvalue weighted by molar-refractivity contribution is -0.136. The summed E-state index contributed by atoms with van der Waals surface area (Å²) in [6.07, 6.45) is 0.316. The van der Waals surface area contributed by atoms with Crippen LogP contribution in [0.1, 0.15) is 38.9 Å². The van der Waals surface area contributed by atoms with Crippen LogP contribution in [0.3, 0.4) is 0 Å². The van der Waals surface area contributed by atoms with Gasteiger partial charge in [0.2, 0.25) is 5.91 Å². The molecule has 3 aromatic rings. The number of rotatable bonds is 5. The van der Waals surface area contributed by atoms with Crippen LogP contribution in [0.25, 0.3) is 11.1 Å². The number of carboxylic acids is 1. The molecular weight excluding hydrogens is 386 g/mol. The van der Waals surface area contributed by atoms with Gasteiger partial charge in [0.05, 0.1) is 12.8 Å². The molecule has 4 rings (SSSR count). The first-order chi connectivity index (χ1) is 14.8. The number of aryl methyl sites for hydroxylation is 1. The van der Waals surface area contributed by atoms with E-state index in [-0.39, 0.29) is 12.3 Å². The highest BCUT2D eigenvalue weighted by Gasteiger charge is 2.29. The molecule has 4 heteroatoms. The van der Waals surface area contributed by atoms with Crippen molar-refractivity contribution in [2.45, 2.75) is 46.7 Å². The Morgan fingerprint density at radius 3 is 2.26 bits per heavy atom. The van der Waals surface area contributed by atoms with Crippen molar-refractivity contribution < 1.29 is 14.7 Å². The van der Waals surface area contributed by atoms with Crippen LogP contribution >= 0.6 is 0 Å². The molecular formula is C27H27NO3. The molecule has 1 N–H and O–H groups in total. The molecule has 158 valence electrons. The maximum atomic E-state index is 13.0. The van der Waals surface area contributed by atoms with Crippen LogP contribution in [-0.4, -0.2) is 21.9 Å². The van der Waals surface area contributed by atoms with Crippen molar-refractivity contribution in [3.63, 3.8) is 0 Å². The van der Waals surface area contributed by atoms with Crippen molar-refractivity contribution in [3.05, 3.63) is 93.5 Å². The molecule has 1 aliphatic rings. The van der Waals surface area contributed by atoms with Crippen LogP contribution in [0.15, 0.2) is 54.6 Å². The summed E-state index contributed by atoms with van der Waals surface area (Å²) in [5.41, 5.74) is 9.22. The Hall–Kier alpha value is -3.40. The molecule has 0 saturated carbocycles. The average molecular weight is 414 g/mol. The number of hydrogen-bond acceptors (Lipinski definition) is 2. The van der Waals surface area contributed by atoms with Gasteiger partial charge in [0.25, 0.3) is 0 Å². The molecule has 1 heterocycles. The Bertz CT molecular complexity index is 1150. The van der Waals surface area contributed by atoms with Crippen molar-refractivity contribution in [1.29, 1.82) is 0 Å². The van der Waals surface area contributed by atoms with Gasteiger partial charge in [-0.2, -0.15) is 0 Å². The van der Waals surface area contributed by atoms with Gasteiger partial charge in [-0.1, -0.05) is 60.2 Å². The molecule has 31 heavy (non-hydrogen) atoms. The second-order valence-electron chi connectivity index (χ2n) is 8.41. The number of benzene rings is 3. The number of carboxylic acid groups (broad SMARTS) is 1. The quantitative estimate of drug-likeness (QED) is 0.641. The summed E-state index contributed by atoms with van der Waals surface area (Å²) in [6.45, 7) is 7.14. The maximum Gasteiger partial charge on any atom is 0.307 e. The van der Waals surface area contributed by atoms with Gasteiger partial charge in [0.15, 0.2) is 0 Å². The van der Waals surface area contributed by atoms with Crippen LogP contribution in [0.2, 0.25) is 0 Å². The molecule has 0 atom stereocenters. The zero-order chi connectivity index (χ0) is 22.1. The fourth-order valence-electron chi connectivity index (χ4n) is 4.63. The Morgan fingerprint density at radius 1 is 0.935 bits per heavy atom. The van der Waals surface area contributed by atoms with Crippen molar-refractivity contribution in [3.8, 4) is 11.1 Å². The van der Waals surface area contributed by atoms with E-state index < -0.39 is 5.97 Å². The summed E-state index contributed by atoms with van der Waals surface area (Å²) in [5, 5.41) is 9.63. The Morgan fingerprint density at radius 2 is 1.61 bits per heavy atom. The first-order valence-electron chi connectivity index (χ1n) is 10.6. The van der Waals surface area contributed by atoms with Gasteiger partial charge >= 0.3 is 5.97 Å². The summed E-state index contributed by atoms with van der Waals surface area (Å²) in [7, 11) is 0. The normalized spacial score (nSPS) is 13.3. The standard InChI is InChI=1S/C27H27NO3/c1-17-9-11-21(12-10-17)27-19(3)22-13-25(29)28(15-20-7-5-4-6-8-20)16-24(22)18(2)23(27)14-26(30)31/h4-12H,13-16H2,1-3H3,(H,30,31). The van der Waals surface area contributed by atoms with Gasteiger partial charge in [-0.25, -0.2) is 0 Å². The SMILES string of the molecule is Cc1ccc(-c2c(C)c3c(c(C)c2CC(=O)O)CN(Cc2ccccc2)C(=O)C3)cc1. The number of carbonyl (C=O) groups is 2. The zero-order valence-corrected chi connectivity index (χ0v) is 18.2. The van der Waals surface area contributed by atoms with E-state index in [0.717, 1.165) is 50.1 Å². The number of carbonyl (C=O) groups excluding carboxylic acids is 1. The van der Waals surface area contributed by atoms with E-state index in [0.29, 0.717) is 19.5 Å². The molecule has 3 aromatic carbocycles. The predicted molar refractivity (Wildman–Crippen MR) is 122 cm³/mol. The molecule has 0 saturated heterocycles. The molecule has 1 aliphatic heterocycles. The summed E-state index contributed by atoms with van der Waals surface area (Å²) < 4.78 is 0. The largest absolute Gasteiger partial charge is 0.481 e. The number of amides is 1. The lowest BCUT2D eigenvalue weighted by Crippen LogP contribution is -2.37. The van der Waals surface area contributed by atoms with Crippen molar-refractivity contribution >= 4 is 11.9 Å². The van der Waals surface area contributed by atoms with E-state index in [1.165, 1.54) is 0 Å². The minimum atomic E-state index is -0.844. The van der Waals surface area contributed by atoms with E-state index >= 15 is 0 Å². The molecule has 1 amide bonds. The summed E-state index contributed by atoms with van der Waals surface area (Å²) in [4.78, 5) is 26.6. The molecule has 4 nitrogen and oxygen atoms in total. The number of nitrogens with zero attached hydrogens (tertiary/aromatic N) is 1. The van der Waals surface area contributed by atoms with Crippen LogP contribution in [0.4, 0.5) is 0 Å². The molecule has 0 fully saturated rings. The Labute approximate surface area is 183 Å². The highest BCUT2D eigenvalue weighted by atomic mass is 16.4. The second kappa shape index (κ2) is 8.38. The molecule has 0 bridgehead atoms. The number of aliphatic carboxylic acids is 1. The molecule has 0 aliphatic carbocycles. The number of hydrogen-bond donors (Lipinski definition) is 1. The van der Waals surface area contributed by atoms with E-state index in [9.17, 15) is 14.7 Å². The third-order valence-corrected chi connectivity index (χ3v) is 6.31.